The molecule has 0 radical (unpaired) electrons. The van der Waals surface area contributed by atoms with E-state index in [4.69, 9.17) is 9.47 Å². The summed E-state index contributed by atoms with van der Waals surface area (Å²) in [7, 11) is 3.29. The van der Waals surface area contributed by atoms with E-state index in [2.05, 4.69) is 37.0 Å². The summed E-state index contributed by atoms with van der Waals surface area (Å²) in [4.78, 5) is 0. The van der Waals surface area contributed by atoms with Crippen molar-refractivity contribution in [2.45, 2.75) is 26.2 Å². The quantitative estimate of drug-likeness (QED) is 0.920. The van der Waals surface area contributed by atoms with Crippen molar-refractivity contribution < 1.29 is 9.47 Å². The predicted molar refractivity (Wildman–Crippen MR) is 75.8 cm³/mol. The number of aromatic amines is 1. The van der Waals surface area contributed by atoms with Gasteiger partial charge in [0.1, 0.15) is 11.5 Å². The van der Waals surface area contributed by atoms with Crippen LogP contribution in [0, 0.1) is 0 Å². The smallest absolute Gasteiger partial charge is 0.123 e. The lowest BCUT2D eigenvalue weighted by atomic mass is 9.92. The molecule has 1 aromatic heterocycles. The van der Waals surface area contributed by atoms with Gasteiger partial charge in [-0.05, 0) is 18.2 Å². The van der Waals surface area contributed by atoms with E-state index in [1.165, 1.54) is 0 Å². The van der Waals surface area contributed by atoms with E-state index in [0.717, 1.165) is 28.5 Å². The zero-order valence-electron chi connectivity index (χ0n) is 12.1. The molecule has 0 saturated heterocycles. The second kappa shape index (κ2) is 4.96. The van der Waals surface area contributed by atoms with E-state index in [9.17, 15) is 0 Å². The van der Waals surface area contributed by atoms with E-state index in [-0.39, 0.29) is 5.41 Å². The number of methoxy groups -OCH3 is 2. The number of H-pyrrole nitrogens is 1. The van der Waals surface area contributed by atoms with Crippen LogP contribution in [0.25, 0.3) is 11.3 Å². The molecule has 4 nitrogen and oxygen atoms in total. The number of nitrogens with zero attached hydrogens (tertiary/aromatic N) is 1. The molecule has 0 spiro atoms. The van der Waals surface area contributed by atoms with Gasteiger partial charge >= 0.3 is 0 Å². The van der Waals surface area contributed by atoms with Gasteiger partial charge < -0.3 is 9.47 Å². The summed E-state index contributed by atoms with van der Waals surface area (Å²) >= 11 is 0. The van der Waals surface area contributed by atoms with Gasteiger partial charge in [-0.1, -0.05) is 20.8 Å². The molecule has 0 fully saturated rings. The molecular weight excluding hydrogens is 240 g/mol. The molecule has 0 saturated carbocycles. The molecule has 0 aliphatic rings. The Bertz CT molecular complexity index is 546. The average Bonchev–Trinajstić information content (AvgIpc) is 2.87. The summed E-state index contributed by atoms with van der Waals surface area (Å²) < 4.78 is 10.5. The Balaban J connectivity index is 2.43. The van der Waals surface area contributed by atoms with E-state index in [1.807, 2.05) is 18.2 Å². The van der Waals surface area contributed by atoms with Crippen molar-refractivity contribution in [3.8, 4) is 22.8 Å². The normalized spacial score (nSPS) is 11.4. The van der Waals surface area contributed by atoms with Crippen molar-refractivity contribution >= 4 is 0 Å². The molecule has 2 rings (SSSR count). The summed E-state index contributed by atoms with van der Waals surface area (Å²) in [5.74, 6) is 1.52. The Morgan fingerprint density at radius 1 is 0.947 bits per heavy atom. The summed E-state index contributed by atoms with van der Waals surface area (Å²) in [5.41, 5.74) is 3.02. The lowest BCUT2D eigenvalue weighted by Gasteiger charge is -2.14. The fourth-order valence-electron chi connectivity index (χ4n) is 1.81. The maximum atomic E-state index is 5.27. The third-order valence-corrected chi connectivity index (χ3v) is 3.03. The predicted octanol–water partition coefficient (Wildman–Crippen LogP) is 3.39. The van der Waals surface area contributed by atoms with E-state index < -0.39 is 0 Å². The van der Waals surface area contributed by atoms with Gasteiger partial charge in [-0.25, -0.2) is 0 Å². The fourth-order valence-corrected chi connectivity index (χ4v) is 1.81. The summed E-state index contributed by atoms with van der Waals surface area (Å²) in [6.07, 6.45) is 0. The van der Waals surface area contributed by atoms with Gasteiger partial charge in [0.05, 0.1) is 19.9 Å². The van der Waals surface area contributed by atoms with Crippen molar-refractivity contribution in [1.82, 2.24) is 10.2 Å². The highest BCUT2D eigenvalue weighted by molar-refractivity contribution is 5.64. The van der Waals surface area contributed by atoms with Crippen LogP contribution in [0.15, 0.2) is 24.3 Å². The minimum Gasteiger partial charge on any atom is -0.497 e. The van der Waals surface area contributed by atoms with Gasteiger partial charge in [-0.15, -0.1) is 0 Å². The average molecular weight is 260 g/mol. The third-order valence-electron chi connectivity index (χ3n) is 3.03. The first-order chi connectivity index (χ1) is 8.94. The van der Waals surface area contributed by atoms with Crippen LogP contribution in [-0.4, -0.2) is 24.4 Å². The molecule has 4 heteroatoms. The topological polar surface area (TPSA) is 47.1 Å². The summed E-state index contributed by atoms with van der Waals surface area (Å²) in [6.45, 7) is 6.45. The number of hydrogen-bond donors (Lipinski definition) is 1. The number of nitrogens with one attached hydrogen (secondary N) is 1. The molecule has 0 aliphatic carbocycles. The lowest BCUT2D eigenvalue weighted by molar-refractivity contribution is 0.394. The molecule has 0 unspecified atom stereocenters. The number of aromatic nitrogens is 2. The molecule has 1 heterocycles. The fraction of sp³-hybridized carbons (Fsp3) is 0.400. The Hall–Kier alpha value is -1.97. The van der Waals surface area contributed by atoms with Gasteiger partial charge in [0.25, 0.3) is 0 Å². The van der Waals surface area contributed by atoms with E-state index >= 15 is 0 Å². The SMILES string of the molecule is COc1cc(OC)cc(-c2cc(C(C)(C)C)[nH]n2)c1. The Morgan fingerprint density at radius 3 is 1.95 bits per heavy atom. The van der Waals surface area contributed by atoms with Crippen molar-refractivity contribution in [3.05, 3.63) is 30.0 Å². The minimum absolute atomic E-state index is 0.0498. The van der Waals surface area contributed by atoms with Crippen LogP contribution in [-0.2, 0) is 5.41 Å². The molecule has 2 aromatic rings. The van der Waals surface area contributed by atoms with Gasteiger partial charge in [0.15, 0.2) is 0 Å². The highest BCUT2D eigenvalue weighted by atomic mass is 16.5. The molecule has 0 amide bonds. The zero-order chi connectivity index (χ0) is 14.0. The summed E-state index contributed by atoms with van der Waals surface area (Å²) in [6, 6.07) is 7.81. The number of rotatable bonds is 3. The number of ether oxygens (including phenoxy) is 2. The molecular formula is C15H20N2O2. The van der Waals surface area contributed by atoms with Crippen molar-refractivity contribution in [3.63, 3.8) is 0 Å². The van der Waals surface area contributed by atoms with E-state index in [1.54, 1.807) is 14.2 Å². The second-order valence-corrected chi connectivity index (χ2v) is 5.52. The third kappa shape index (κ3) is 2.89. The van der Waals surface area contributed by atoms with Gasteiger partial charge in [0, 0.05) is 22.7 Å². The van der Waals surface area contributed by atoms with Crippen molar-refractivity contribution in [2.24, 2.45) is 0 Å². The molecule has 0 aliphatic heterocycles. The van der Waals surface area contributed by atoms with Crippen molar-refractivity contribution in [1.29, 1.82) is 0 Å². The largest absolute Gasteiger partial charge is 0.497 e. The molecule has 1 N–H and O–H groups in total. The van der Waals surface area contributed by atoms with Gasteiger partial charge in [-0.3, -0.25) is 5.10 Å². The highest BCUT2D eigenvalue weighted by Gasteiger charge is 2.17. The lowest BCUT2D eigenvalue weighted by Crippen LogP contribution is -2.11. The molecule has 19 heavy (non-hydrogen) atoms. The maximum absolute atomic E-state index is 5.27. The van der Waals surface area contributed by atoms with Gasteiger partial charge in [-0.2, -0.15) is 5.10 Å². The monoisotopic (exact) mass is 260 g/mol. The highest BCUT2D eigenvalue weighted by Crippen LogP contribution is 2.30. The Morgan fingerprint density at radius 2 is 1.53 bits per heavy atom. The Labute approximate surface area is 113 Å². The van der Waals surface area contributed by atoms with E-state index in [0.29, 0.717) is 0 Å². The molecule has 0 atom stereocenters. The van der Waals surface area contributed by atoms with Crippen LogP contribution >= 0.6 is 0 Å². The maximum Gasteiger partial charge on any atom is 0.123 e. The van der Waals surface area contributed by atoms with Crippen LogP contribution < -0.4 is 9.47 Å². The number of benzene rings is 1. The second-order valence-electron chi connectivity index (χ2n) is 5.52. The first-order valence-electron chi connectivity index (χ1n) is 6.23. The van der Waals surface area contributed by atoms with Crippen LogP contribution in [0.2, 0.25) is 0 Å². The first-order valence-corrected chi connectivity index (χ1v) is 6.23. The van der Waals surface area contributed by atoms with Crippen LogP contribution in [0.4, 0.5) is 0 Å². The van der Waals surface area contributed by atoms with Crippen molar-refractivity contribution in [2.75, 3.05) is 14.2 Å². The first kappa shape index (κ1) is 13.5. The summed E-state index contributed by atoms with van der Waals surface area (Å²) in [5, 5.41) is 7.46. The van der Waals surface area contributed by atoms with Crippen LogP contribution in [0.3, 0.4) is 0 Å². The van der Waals surface area contributed by atoms with Crippen LogP contribution in [0.1, 0.15) is 26.5 Å². The zero-order valence-corrected chi connectivity index (χ0v) is 12.1. The Kier molecular flexibility index (Phi) is 3.51. The number of hydrogen-bond acceptors (Lipinski definition) is 3. The molecule has 1 aromatic carbocycles. The standard InChI is InChI=1S/C15H20N2O2/c1-15(2,3)14-9-13(16-17-14)10-6-11(18-4)8-12(7-10)19-5/h6-9H,1-5H3,(H,16,17). The molecule has 102 valence electrons. The minimum atomic E-state index is 0.0498. The molecule has 0 bridgehead atoms. The van der Waals surface area contributed by atoms with Gasteiger partial charge in [0.2, 0.25) is 0 Å². The van der Waals surface area contributed by atoms with Crippen LogP contribution in [0.5, 0.6) is 11.5 Å².